The molecule has 0 unspecified atom stereocenters. The number of carbonyl (C=O) groups is 1. The molecule has 7 nitrogen and oxygen atoms in total. The molecule has 0 spiro atoms. The number of hydrogen-bond acceptors (Lipinski definition) is 5. The summed E-state index contributed by atoms with van der Waals surface area (Å²) in [6.07, 6.45) is 3.86. The number of aromatic amines is 1. The van der Waals surface area contributed by atoms with Crippen LogP contribution in [0.4, 0.5) is 5.82 Å². The molecule has 0 bridgehead atoms. The molecule has 1 aromatic heterocycles. The molecule has 1 aromatic rings. The van der Waals surface area contributed by atoms with Crippen molar-refractivity contribution in [3.05, 3.63) is 16.7 Å². The molecule has 0 saturated carbocycles. The third kappa shape index (κ3) is 3.24. The van der Waals surface area contributed by atoms with Crippen molar-refractivity contribution in [2.75, 3.05) is 32.1 Å². The van der Waals surface area contributed by atoms with Gasteiger partial charge in [-0.05, 0) is 12.8 Å². The lowest BCUT2D eigenvalue weighted by atomic mass is 10.3. The van der Waals surface area contributed by atoms with Gasteiger partial charge in [0.25, 0.3) is 5.56 Å². The van der Waals surface area contributed by atoms with Crippen LogP contribution in [0.15, 0.2) is 11.1 Å². The van der Waals surface area contributed by atoms with Gasteiger partial charge in [-0.15, -0.1) is 0 Å². The van der Waals surface area contributed by atoms with Crippen molar-refractivity contribution < 1.29 is 9.53 Å². The summed E-state index contributed by atoms with van der Waals surface area (Å²) < 4.78 is 4.97. The largest absolute Gasteiger partial charge is 0.489 e. The van der Waals surface area contributed by atoms with Gasteiger partial charge < -0.3 is 19.9 Å². The number of aromatic nitrogens is 2. The van der Waals surface area contributed by atoms with Crippen molar-refractivity contribution in [3.63, 3.8) is 0 Å². The summed E-state index contributed by atoms with van der Waals surface area (Å²) in [5.41, 5.74) is -0.342. The summed E-state index contributed by atoms with van der Waals surface area (Å²) in [4.78, 5) is 31.5. The van der Waals surface area contributed by atoms with Crippen molar-refractivity contribution in [1.82, 2.24) is 14.9 Å². The van der Waals surface area contributed by atoms with Gasteiger partial charge in [-0.1, -0.05) is 0 Å². The van der Waals surface area contributed by atoms with Crippen LogP contribution in [0.25, 0.3) is 0 Å². The van der Waals surface area contributed by atoms with Gasteiger partial charge in [-0.25, -0.2) is 4.98 Å². The fraction of sp³-hybridized carbons (Fsp3) is 0.583. The summed E-state index contributed by atoms with van der Waals surface area (Å²) in [6.45, 7) is 2.14. The average molecular weight is 266 g/mol. The van der Waals surface area contributed by atoms with Crippen molar-refractivity contribution >= 4 is 11.7 Å². The summed E-state index contributed by atoms with van der Waals surface area (Å²) in [6, 6.07) is 0. The van der Waals surface area contributed by atoms with E-state index in [1.807, 2.05) is 4.90 Å². The number of carbonyl (C=O) groups excluding carboxylic acids is 1. The van der Waals surface area contributed by atoms with Crippen molar-refractivity contribution in [2.45, 2.75) is 19.3 Å². The van der Waals surface area contributed by atoms with E-state index in [2.05, 4.69) is 15.3 Å². The lowest BCUT2D eigenvalue weighted by molar-refractivity contribution is -0.129. The SMILES string of the molecule is COc1c(NCCC(=O)N2CCCC2)nc[nH]c1=O. The zero-order valence-electron chi connectivity index (χ0n) is 10.9. The molecule has 0 atom stereocenters. The molecule has 1 fully saturated rings. The van der Waals surface area contributed by atoms with Crippen LogP contribution in [-0.2, 0) is 4.79 Å². The molecule has 104 valence electrons. The van der Waals surface area contributed by atoms with Gasteiger partial charge in [-0.3, -0.25) is 9.59 Å². The topological polar surface area (TPSA) is 87.3 Å². The van der Waals surface area contributed by atoms with Gasteiger partial charge in [0.1, 0.15) is 0 Å². The highest BCUT2D eigenvalue weighted by Crippen LogP contribution is 2.14. The number of hydrogen-bond donors (Lipinski definition) is 2. The minimum atomic E-state index is -0.342. The smallest absolute Gasteiger partial charge is 0.295 e. The van der Waals surface area contributed by atoms with Gasteiger partial charge in [0, 0.05) is 26.1 Å². The Morgan fingerprint density at radius 3 is 2.95 bits per heavy atom. The second-order valence-corrected chi connectivity index (χ2v) is 4.38. The van der Waals surface area contributed by atoms with Gasteiger partial charge >= 0.3 is 0 Å². The number of anilines is 1. The van der Waals surface area contributed by atoms with E-state index in [-0.39, 0.29) is 17.2 Å². The Labute approximate surface area is 111 Å². The van der Waals surface area contributed by atoms with E-state index in [9.17, 15) is 9.59 Å². The van der Waals surface area contributed by atoms with Gasteiger partial charge in [0.2, 0.25) is 11.7 Å². The molecule has 1 saturated heterocycles. The maximum atomic E-state index is 11.8. The van der Waals surface area contributed by atoms with Crippen LogP contribution >= 0.6 is 0 Å². The van der Waals surface area contributed by atoms with E-state index >= 15 is 0 Å². The van der Waals surface area contributed by atoms with Crippen molar-refractivity contribution in [2.24, 2.45) is 0 Å². The number of likely N-dealkylation sites (tertiary alicyclic amines) is 1. The van der Waals surface area contributed by atoms with E-state index in [0.29, 0.717) is 18.8 Å². The maximum absolute atomic E-state index is 11.8. The van der Waals surface area contributed by atoms with E-state index in [4.69, 9.17) is 4.74 Å². The van der Waals surface area contributed by atoms with Gasteiger partial charge in [-0.2, -0.15) is 0 Å². The van der Waals surface area contributed by atoms with E-state index in [1.165, 1.54) is 13.4 Å². The maximum Gasteiger partial charge on any atom is 0.295 e. The molecule has 0 aliphatic carbocycles. The van der Waals surface area contributed by atoms with Gasteiger partial charge in [0.05, 0.1) is 13.4 Å². The number of H-pyrrole nitrogens is 1. The molecule has 1 aliphatic rings. The molecule has 0 radical (unpaired) electrons. The molecule has 19 heavy (non-hydrogen) atoms. The third-order valence-electron chi connectivity index (χ3n) is 3.10. The Kier molecular flexibility index (Phi) is 4.38. The first-order valence-corrected chi connectivity index (χ1v) is 6.35. The van der Waals surface area contributed by atoms with Crippen LogP contribution in [0.2, 0.25) is 0 Å². The Balaban J connectivity index is 1.87. The number of rotatable bonds is 5. The van der Waals surface area contributed by atoms with Crippen LogP contribution < -0.4 is 15.6 Å². The highest BCUT2D eigenvalue weighted by atomic mass is 16.5. The highest BCUT2D eigenvalue weighted by molar-refractivity contribution is 5.77. The fourth-order valence-electron chi connectivity index (χ4n) is 2.11. The quantitative estimate of drug-likeness (QED) is 0.795. The molecule has 2 rings (SSSR count). The van der Waals surface area contributed by atoms with Crippen molar-refractivity contribution in [3.8, 4) is 5.75 Å². The fourth-order valence-corrected chi connectivity index (χ4v) is 2.11. The first-order valence-electron chi connectivity index (χ1n) is 6.35. The summed E-state index contributed by atoms with van der Waals surface area (Å²) in [7, 11) is 1.41. The molecule has 7 heteroatoms. The number of methoxy groups -OCH3 is 1. The minimum Gasteiger partial charge on any atom is -0.489 e. The van der Waals surface area contributed by atoms with Crippen LogP contribution in [0.5, 0.6) is 5.75 Å². The first-order chi connectivity index (χ1) is 9.22. The first kappa shape index (κ1) is 13.4. The van der Waals surface area contributed by atoms with E-state index in [1.54, 1.807) is 0 Å². The Hall–Kier alpha value is -2.05. The average Bonchev–Trinajstić information content (AvgIpc) is 2.93. The molecule has 0 aromatic carbocycles. The second-order valence-electron chi connectivity index (χ2n) is 4.38. The van der Waals surface area contributed by atoms with Crippen molar-refractivity contribution in [1.29, 1.82) is 0 Å². The monoisotopic (exact) mass is 266 g/mol. The zero-order valence-corrected chi connectivity index (χ0v) is 10.9. The number of nitrogens with zero attached hydrogens (tertiary/aromatic N) is 2. The molecule has 1 amide bonds. The predicted octanol–water partition coefficient (Wildman–Crippen LogP) is 0.203. The van der Waals surface area contributed by atoms with E-state index in [0.717, 1.165) is 25.9 Å². The molecule has 2 heterocycles. The highest BCUT2D eigenvalue weighted by Gasteiger charge is 2.17. The molecular formula is C12H18N4O3. The number of amides is 1. The normalized spacial score (nSPS) is 14.5. The van der Waals surface area contributed by atoms with Crippen LogP contribution in [-0.4, -0.2) is 47.5 Å². The second kappa shape index (κ2) is 6.21. The van der Waals surface area contributed by atoms with Crippen LogP contribution in [0.1, 0.15) is 19.3 Å². The lowest BCUT2D eigenvalue weighted by Gasteiger charge is -2.15. The Morgan fingerprint density at radius 1 is 1.53 bits per heavy atom. The van der Waals surface area contributed by atoms with Crippen LogP contribution in [0, 0.1) is 0 Å². The lowest BCUT2D eigenvalue weighted by Crippen LogP contribution is -2.29. The third-order valence-corrected chi connectivity index (χ3v) is 3.10. The Morgan fingerprint density at radius 2 is 2.26 bits per heavy atom. The summed E-state index contributed by atoms with van der Waals surface area (Å²) >= 11 is 0. The Bertz CT molecular complexity index is 494. The molecule has 2 N–H and O–H groups in total. The predicted molar refractivity (Wildman–Crippen MR) is 70.3 cm³/mol. The van der Waals surface area contributed by atoms with E-state index < -0.39 is 0 Å². The number of nitrogens with one attached hydrogen (secondary N) is 2. The zero-order chi connectivity index (χ0) is 13.7. The van der Waals surface area contributed by atoms with Crippen LogP contribution in [0.3, 0.4) is 0 Å². The standard InChI is InChI=1S/C12H18N4O3/c1-19-10-11(14-8-15-12(10)18)13-5-4-9(17)16-6-2-3-7-16/h8H,2-7H2,1H3,(H2,13,14,15,18). The minimum absolute atomic E-state index is 0.133. The molecular weight excluding hydrogens is 248 g/mol. The molecule has 1 aliphatic heterocycles. The summed E-state index contributed by atoms with van der Waals surface area (Å²) in [5.74, 6) is 0.630. The number of ether oxygens (including phenoxy) is 1. The summed E-state index contributed by atoms with van der Waals surface area (Å²) in [5, 5.41) is 2.96. The van der Waals surface area contributed by atoms with Gasteiger partial charge in [0.15, 0.2) is 5.82 Å².